The minimum Gasteiger partial charge on any atom is -0.493 e. The van der Waals surface area contributed by atoms with Crippen LogP contribution >= 0.6 is 0 Å². The smallest absolute Gasteiger partial charge is 0.255 e. The quantitative estimate of drug-likeness (QED) is 0.682. The summed E-state index contributed by atoms with van der Waals surface area (Å²) in [6, 6.07) is 8.02. The molecule has 2 aliphatic heterocycles. The second-order valence-corrected chi connectivity index (χ2v) is 8.74. The van der Waals surface area contributed by atoms with Gasteiger partial charge in [-0.3, -0.25) is 4.79 Å². The first-order chi connectivity index (χ1) is 15.3. The predicted octanol–water partition coefficient (Wildman–Crippen LogP) is 2.35. The van der Waals surface area contributed by atoms with Gasteiger partial charge < -0.3 is 14.9 Å². The number of benzene rings is 1. The third-order valence-corrected chi connectivity index (χ3v) is 6.30. The Morgan fingerprint density at radius 3 is 2.53 bits per heavy atom. The highest BCUT2D eigenvalue weighted by atomic mass is 19.1. The van der Waals surface area contributed by atoms with E-state index in [0.717, 1.165) is 26.2 Å². The standard InChI is InChI=1S/C23H21FN6O2/c1-14-17(5-3-15(7-25)20(14)24)18-9-27-30(22(18)32)19-6-4-16(8-26-19)21(31)29-12-23(13-29)10-28(2)11-23/h3-6,8-9,32H,10-13H2,1-2H3. The van der Waals surface area contributed by atoms with Gasteiger partial charge in [0.15, 0.2) is 5.82 Å². The third-order valence-electron chi connectivity index (χ3n) is 6.30. The summed E-state index contributed by atoms with van der Waals surface area (Å²) in [6.07, 6.45) is 2.89. The molecule has 0 aliphatic carbocycles. The SMILES string of the molecule is Cc1c(-c2cnn(-c3ccc(C(=O)N4CC5(CN(C)C5)C4)cn3)c2O)ccc(C#N)c1F. The molecule has 162 valence electrons. The molecule has 3 aromatic rings. The number of hydrogen-bond acceptors (Lipinski definition) is 6. The van der Waals surface area contributed by atoms with Crippen molar-refractivity contribution in [2.45, 2.75) is 6.92 Å². The third kappa shape index (κ3) is 3.03. The van der Waals surface area contributed by atoms with Crippen LogP contribution in [0.1, 0.15) is 21.5 Å². The van der Waals surface area contributed by atoms with Crippen molar-refractivity contribution in [3.63, 3.8) is 0 Å². The van der Waals surface area contributed by atoms with Gasteiger partial charge >= 0.3 is 0 Å². The maximum absolute atomic E-state index is 14.3. The van der Waals surface area contributed by atoms with E-state index in [4.69, 9.17) is 5.26 Å². The highest BCUT2D eigenvalue weighted by Crippen LogP contribution is 2.39. The summed E-state index contributed by atoms with van der Waals surface area (Å²) in [6.45, 7) is 5.13. The lowest BCUT2D eigenvalue weighted by atomic mass is 9.73. The second kappa shape index (κ2) is 7.14. The van der Waals surface area contributed by atoms with E-state index in [1.807, 2.05) is 4.90 Å². The summed E-state index contributed by atoms with van der Waals surface area (Å²) in [5.74, 6) is -0.557. The van der Waals surface area contributed by atoms with Crippen molar-refractivity contribution in [2.24, 2.45) is 5.41 Å². The molecule has 0 bridgehead atoms. The minimum atomic E-state index is -0.625. The summed E-state index contributed by atoms with van der Waals surface area (Å²) < 4.78 is 15.6. The molecule has 8 nitrogen and oxygen atoms in total. The number of rotatable bonds is 3. The van der Waals surface area contributed by atoms with Crippen molar-refractivity contribution in [3.8, 4) is 28.9 Å². The highest BCUT2D eigenvalue weighted by molar-refractivity contribution is 5.94. The van der Waals surface area contributed by atoms with Gasteiger partial charge in [-0.2, -0.15) is 15.0 Å². The Morgan fingerprint density at radius 2 is 1.91 bits per heavy atom. The Bertz CT molecular complexity index is 1260. The fourth-order valence-electron chi connectivity index (χ4n) is 4.79. The second-order valence-electron chi connectivity index (χ2n) is 8.74. The molecule has 4 heterocycles. The molecule has 2 aromatic heterocycles. The molecule has 2 saturated heterocycles. The molecular weight excluding hydrogens is 411 g/mol. The Morgan fingerprint density at radius 1 is 1.16 bits per heavy atom. The van der Waals surface area contributed by atoms with E-state index >= 15 is 0 Å². The molecule has 1 N–H and O–H groups in total. The van der Waals surface area contributed by atoms with Crippen LogP contribution in [0, 0.1) is 29.5 Å². The normalized spacial score (nSPS) is 17.0. The zero-order valence-corrected chi connectivity index (χ0v) is 17.7. The lowest BCUT2D eigenvalue weighted by Crippen LogP contribution is -2.72. The van der Waals surface area contributed by atoms with Crippen LogP contribution in [0.3, 0.4) is 0 Å². The summed E-state index contributed by atoms with van der Waals surface area (Å²) >= 11 is 0. The fourth-order valence-corrected chi connectivity index (χ4v) is 4.79. The minimum absolute atomic E-state index is 0.0571. The maximum atomic E-state index is 14.3. The van der Waals surface area contributed by atoms with Gasteiger partial charge in [-0.1, -0.05) is 6.07 Å². The van der Waals surface area contributed by atoms with Gasteiger partial charge in [-0.15, -0.1) is 0 Å². The molecule has 1 aromatic carbocycles. The first-order valence-electron chi connectivity index (χ1n) is 10.2. The van der Waals surface area contributed by atoms with Crippen molar-refractivity contribution in [1.82, 2.24) is 24.6 Å². The molecule has 9 heteroatoms. The number of carbonyl (C=O) groups excluding carboxylic acids is 1. The molecule has 1 spiro atoms. The molecule has 0 radical (unpaired) electrons. The van der Waals surface area contributed by atoms with Gasteiger partial charge in [0.05, 0.1) is 22.9 Å². The van der Waals surface area contributed by atoms with Crippen molar-refractivity contribution in [1.29, 1.82) is 5.26 Å². The summed E-state index contributed by atoms with van der Waals surface area (Å²) in [4.78, 5) is 21.1. The van der Waals surface area contributed by atoms with Crippen LogP contribution in [0.4, 0.5) is 4.39 Å². The molecule has 0 atom stereocenters. The number of aromatic hydroxyl groups is 1. The van der Waals surface area contributed by atoms with E-state index in [2.05, 4.69) is 22.0 Å². The van der Waals surface area contributed by atoms with E-state index in [1.165, 1.54) is 23.1 Å². The molecule has 5 rings (SSSR count). The van der Waals surface area contributed by atoms with E-state index in [0.29, 0.717) is 22.5 Å². The summed E-state index contributed by atoms with van der Waals surface area (Å²) in [5, 5.41) is 23.9. The number of hydrogen-bond donors (Lipinski definition) is 1. The van der Waals surface area contributed by atoms with Crippen LogP contribution < -0.4 is 0 Å². The van der Waals surface area contributed by atoms with Crippen LogP contribution in [0.15, 0.2) is 36.7 Å². The average Bonchev–Trinajstić information content (AvgIpc) is 3.12. The van der Waals surface area contributed by atoms with Gasteiger partial charge in [0.25, 0.3) is 5.91 Å². The van der Waals surface area contributed by atoms with Crippen LogP contribution in [0.2, 0.25) is 0 Å². The fraction of sp³-hybridized carbons (Fsp3) is 0.304. The van der Waals surface area contributed by atoms with Crippen molar-refractivity contribution < 1.29 is 14.3 Å². The monoisotopic (exact) mass is 432 g/mol. The van der Waals surface area contributed by atoms with E-state index in [-0.39, 0.29) is 28.3 Å². The molecule has 32 heavy (non-hydrogen) atoms. The van der Waals surface area contributed by atoms with Gasteiger partial charge in [-0.05, 0) is 43.3 Å². The van der Waals surface area contributed by atoms with Crippen LogP contribution in [-0.4, -0.2) is 68.8 Å². The zero-order valence-electron chi connectivity index (χ0n) is 17.7. The number of nitriles is 1. The van der Waals surface area contributed by atoms with Crippen molar-refractivity contribution >= 4 is 5.91 Å². The van der Waals surface area contributed by atoms with E-state index in [9.17, 15) is 14.3 Å². The van der Waals surface area contributed by atoms with Gasteiger partial charge in [0.1, 0.15) is 11.9 Å². The molecule has 0 saturated carbocycles. The topological polar surface area (TPSA) is 98.3 Å². The predicted molar refractivity (Wildman–Crippen MR) is 114 cm³/mol. The van der Waals surface area contributed by atoms with Gasteiger partial charge in [0.2, 0.25) is 5.88 Å². The molecule has 0 unspecified atom stereocenters. The average molecular weight is 432 g/mol. The number of amides is 1. The molecule has 2 aliphatic rings. The highest BCUT2D eigenvalue weighted by Gasteiger charge is 2.51. The first-order valence-corrected chi connectivity index (χ1v) is 10.2. The van der Waals surface area contributed by atoms with E-state index in [1.54, 1.807) is 31.2 Å². The van der Waals surface area contributed by atoms with Crippen LogP contribution in [0.25, 0.3) is 16.9 Å². The first kappa shape index (κ1) is 20.2. The molecule has 2 fully saturated rings. The largest absolute Gasteiger partial charge is 0.493 e. The zero-order chi connectivity index (χ0) is 22.6. The number of halogens is 1. The Balaban J connectivity index is 1.36. The Labute approximate surface area is 184 Å². The number of aromatic nitrogens is 3. The van der Waals surface area contributed by atoms with E-state index < -0.39 is 5.82 Å². The lowest BCUT2D eigenvalue weighted by molar-refractivity contribution is -0.0872. The van der Waals surface area contributed by atoms with Crippen molar-refractivity contribution in [2.75, 3.05) is 33.2 Å². The molecule has 1 amide bonds. The van der Waals surface area contributed by atoms with Gasteiger partial charge in [-0.25, -0.2) is 9.37 Å². The Hall–Kier alpha value is -3.77. The number of nitrogens with zero attached hydrogens (tertiary/aromatic N) is 6. The maximum Gasteiger partial charge on any atom is 0.255 e. The summed E-state index contributed by atoms with van der Waals surface area (Å²) in [7, 11) is 2.08. The van der Waals surface area contributed by atoms with Gasteiger partial charge in [0, 0.05) is 37.8 Å². The van der Waals surface area contributed by atoms with Crippen LogP contribution in [-0.2, 0) is 0 Å². The Kier molecular flexibility index (Phi) is 4.50. The van der Waals surface area contributed by atoms with Crippen molar-refractivity contribution in [3.05, 3.63) is 59.2 Å². The number of pyridine rings is 1. The molecular formula is C23H21FN6O2. The van der Waals surface area contributed by atoms with Crippen LogP contribution in [0.5, 0.6) is 5.88 Å². The summed E-state index contributed by atoms with van der Waals surface area (Å²) in [5.41, 5.74) is 1.69. The number of likely N-dealkylation sites (tertiary alicyclic amines) is 2. The lowest BCUT2D eigenvalue weighted by Gasteiger charge is -2.59. The number of carbonyl (C=O) groups is 1.